The van der Waals surface area contributed by atoms with Gasteiger partial charge in [0.1, 0.15) is 11.5 Å². The fourth-order valence-electron chi connectivity index (χ4n) is 4.16. The molecule has 34 heavy (non-hydrogen) atoms. The van der Waals surface area contributed by atoms with Crippen molar-refractivity contribution in [3.05, 3.63) is 77.9 Å². The van der Waals surface area contributed by atoms with Crippen LogP contribution in [0.3, 0.4) is 0 Å². The first kappa shape index (κ1) is 23.4. The van der Waals surface area contributed by atoms with E-state index in [4.69, 9.17) is 18.9 Å². The van der Waals surface area contributed by atoms with Crippen LogP contribution in [-0.4, -0.2) is 63.2 Å². The van der Waals surface area contributed by atoms with E-state index in [0.29, 0.717) is 53.9 Å². The molecule has 0 spiro atoms. The highest BCUT2D eigenvalue weighted by Crippen LogP contribution is 2.40. The predicted octanol–water partition coefficient (Wildman–Crippen LogP) is 4.46. The van der Waals surface area contributed by atoms with Crippen LogP contribution in [0, 0.1) is 0 Å². The maximum absolute atomic E-state index is 13.3. The van der Waals surface area contributed by atoms with Crippen molar-refractivity contribution in [2.75, 3.05) is 47.5 Å². The van der Waals surface area contributed by atoms with Crippen molar-refractivity contribution in [3.63, 3.8) is 0 Å². The van der Waals surface area contributed by atoms with Gasteiger partial charge in [-0.15, -0.1) is 0 Å². The fraction of sp³-hybridized carbons (Fsp3) is 0.296. The molecule has 1 heterocycles. The monoisotopic (exact) mass is 462 g/mol. The van der Waals surface area contributed by atoms with E-state index in [0.717, 1.165) is 18.7 Å². The summed E-state index contributed by atoms with van der Waals surface area (Å²) in [6, 6.07) is 20.8. The quantitative estimate of drug-likeness (QED) is 0.493. The van der Waals surface area contributed by atoms with E-state index >= 15 is 0 Å². The minimum absolute atomic E-state index is 0.0186. The van der Waals surface area contributed by atoms with Gasteiger partial charge in [-0.25, -0.2) is 0 Å². The van der Waals surface area contributed by atoms with Crippen LogP contribution in [0.2, 0.25) is 0 Å². The van der Waals surface area contributed by atoms with E-state index in [1.165, 1.54) is 0 Å². The molecule has 1 saturated heterocycles. The van der Waals surface area contributed by atoms with Crippen LogP contribution in [0.1, 0.15) is 15.9 Å². The van der Waals surface area contributed by atoms with Crippen LogP contribution in [0.4, 0.5) is 0 Å². The Labute approximate surface area is 200 Å². The third-order valence-electron chi connectivity index (χ3n) is 5.93. The van der Waals surface area contributed by atoms with Crippen molar-refractivity contribution >= 4 is 5.91 Å². The molecule has 0 unspecified atom stereocenters. The van der Waals surface area contributed by atoms with Gasteiger partial charge in [0, 0.05) is 38.3 Å². The Kier molecular flexibility index (Phi) is 7.54. The largest absolute Gasteiger partial charge is 0.493 e. The van der Waals surface area contributed by atoms with Gasteiger partial charge in [-0.3, -0.25) is 9.69 Å². The van der Waals surface area contributed by atoms with Crippen LogP contribution in [0.5, 0.6) is 28.7 Å². The van der Waals surface area contributed by atoms with E-state index in [9.17, 15) is 4.79 Å². The van der Waals surface area contributed by atoms with Crippen LogP contribution < -0.4 is 18.9 Å². The number of nitrogens with zero attached hydrogens (tertiary/aromatic N) is 2. The van der Waals surface area contributed by atoms with E-state index in [2.05, 4.69) is 4.90 Å². The lowest BCUT2D eigenvalue weighted by Crippen LogP contribution is -2.48. The summed E-state index contributed by atoms with van der Waals surface area (Å²) in [7, 11) is 4.84. The Morgan fingerprint density at radius 3 is 2.09 bits per heavy atom. The first-order valence-corrected chi connectivity index (χ1v) is 11.3. The van der Waals surface area contributed by atoms with E-state index in [-0.39, 0.29) is 5.91 Å². The van der Waals surface area contributed by atoms with Gasteiger partial charge in [0.05, 0.1) is 26.9 Å². The van der Waals surface area contributed by atoms with Crippen LogP contribution >= 0.6 is 0 Å². The smallest absolute Gasteiger partial charge is 0.257 e. The average Bonchev–Trinajstić information content (AvgIpc) is 2.89. The summed E-state index contributed by atoms with van der Waals surface area (Å²) in [4.78, 5) is 17.5. The first-order valence-electron chi connectivity index (χ1n) is 11.3. The number of hydrogen-bond donors (Lipinski definition) is 0. The van der Waals surface area contributed by atoms with Gasteiger partial charge in [0.25, 0.3) is 5.91 Å². The number of carbonyl (C=O) groups is 1. The van der Waals surface area contributed by atoms with Crippen molar-refractivity contribution in [3.8, 4) is 28.7 Å². The summed E-state index contributed by atoms with van der Waals surface area (Å²) < 4.78 is 22.5. The molecule has 3 aromatic rings. The molecule has 0 radical (unpaired) electrons. The number of ether oxygens (including phenoxy) is 4. The molecule has 7 heteroatoms. The number of piperazine rings is 1. The topological polar surface area (TPSA) is 60.5 Å². The summed E-state index contributed by atoms with van der Waals surface area (Å²) in [5.41, 5.74) is 1.59. The van der Waals surface area contributed by atoms with Crippen molar-refractivity contribution < 1.29 is 23.7 Å². The van der Waals surface area contributed by atoms with E-state index in [1.54, 1.807) is 21.3 Å². The normalized spacial score (nSPS) is 13.9. The Morgan fingerprint density at radius 2 is 1.41 bits per heavy atom. The number of hydrogen-bond acceptors (Lipinski definition) is 6. The van der Waals surface area contributed by atoms with Gasteiger partial charge in [-0.05, 0) is 30.3 Å². The Morgan fingerprint density at radius 1 is 0.735 bits per heavy atom. The van der Waals surface area contributed by atoms with E-state index in [1.807, 2.05) is 71.6 Å². The maximum atomic E-state index is 13.3. The molecular formula is C27H30N2O5. The van der Waals surface area contributed by atoms with Gasteiger partial charge in [-0.1, -0.05) is 36.4 Å². The minimum atomic E-state index is -0.0186. The lowest BCUT2D eigenvalue weighted by atomic mass is 10.1. The molecule has 4 rings (SSSR count). The van der Waals surface area contributed by atoms with Gasteiger partial charge in [-0.2, -0.15) is 0 Å². The molecule has 0 saturated carbocycles. The highest BCUT2D eigenvalue weighted by atomic mass is 16.5. The van der Waals surface area contributed by atoms with Crippen molar-refractivity contribution in [1.82, 2.24) is 9.80 Å². The lowest BCUT2D eigenvalue weighted by Gasteiger charge is -2.35. The average molecular weight is 463 g/mol. The van der Waals surface area contributed by atoms with Gasteiger partial charge < -0.3 is 23.8 Å². The number of amides is 1. The summed E-state index contributed by atoms with van der Waals surface area (Å²) in [6.45, 7) is 3.47. The fourth-order valence-corrected chi connectivity index (χ4v) is 4.16. The molecule has 0 aliphatic carbocycles. The molecule has 0 atom stereocenters. The molecule has 0 aromatic heterocycles. The molecular weight excluding hydrogens is 432 g/mol. The summed E-state index contributed by atoms with van der Waals surface area (Å²) >= 11 is 0. The number of methoxy groups -OCH3 is 3. The molecule has 0 bridgehead atoms. The second-order valence-corrected chi connectivity index (χ2v) is 7.97. The molecule has 1 aliphatic rings. The number of carbonyl (C=O) groups excluding carboxylic acids is 1. The van der Waals surface area contributed by atoms with Crippen molar-refractivity contribution in [1.29, 1.82) is 0 Å². The number of para-hydroxylation sites is 2. The second kappa shape index (κ2) is 10.9. The first-order chi connectivity index (χ1) is 16.6. The highest BCUT2D eigenvalue weighted by molar-refractivity contribution is 5.97. The second-order valence-electron chi connectivity index (χ2n) is 7.97. The van der Waals surface area contributed by atoms with E-state index < -0.39 is 0 Å². The Balaban J connectivity index is 1.42. The molecule has 1 amide bonds. The minimum Gasteiger partial charge on any atom is -0.493 e. The molecule has 3 aromatic carbocycles. The summed E-state index contributed by atoms with van der Waals surface area (Å²) in [5, 5.41) is 0. The summed E-state index contributed by atoms with van der Waals surface area (Å²) in [5.74, 6) is 3.15. The Hall–Kier alpha value is -3.71. The zero-order valence-corrected chi connectivity index (χ0v) is 19.8. The lowest BCUT2D eigenvalue weighted by molar-refractivity contribution is 0.0625. The number of benzene rings is 3. The zero-order chi connectivity index (χ0) is 23.9. The van der Waals surface area contributed by atoms with Crippen LogP contribution in [0.25, 0.3) is 0 Å². The Bertz CT molecular complexity index is 1110. The highest BCUT2D eigenvalue weighted by Gasteiger charge is 2.26. The maximum Gasteiger partial charge on any atom is 0.257 e. The molecule has 7 nitrogen and oxygen atoms in total. The third-order valence-corrected chi connectivity index (χ3v) is 5.93. The molecule has 1 fully saturated rings. The van der Waals surface area contributed by atoms with Gasteiger partial charge in [0.15, 0.2) is 11.5 Å². The van der Waals surface area contributed by atoms with Crippen LogP contribution in [-0.2, 0) is 6.54 Å². The van der Waals surface area contributed by atoms with Crippen molar-refractivity contribution in [2.45, 2.75) is 6.54 Å². The van der Waals surface area contributed by atoms with Gasteiger partial charge in [0.2, 0.25) is 5.75 Å². The predicted molar refractivity (Wildman–Crippen MR) is 130 cm³/mol. The molecule has 1 aliphatic heterocycles. The zero-order valence-electron chi connectivity index (χ0n) is 19.8. The van der Waals surface area contributed by atoms with Gasteiger partial charge >= 0.3 is 0 Å². The number of rotatable bonds is 8. The molecule has 0 N–H and O–H groups in total. The SMILES string of the molecule is COc1ccc(CN2CCN(C(=O)c3ccccc3Oc3ccccc3)CC2)c(OC)c1OC. The summed E-state index contributed by atoms with van der Waals surface area (Å²) in [6.07, 6.45) is 0. The van der Waals surface area contributed by atoms with Crippen LogP contribution in [0.15, 0.2) is 66.7 Å². The van der Waals surface area contributed by atoms with Crippen molar-refractivity contribution in [2.24, 2.45) is 0 Å². The third kappa shape index (κ3) is 5.10. The molecule has 178 valence electrons. The standard InChI is InChI=1S/C27H30N2O5/c1-31-24-14-13-20(25(32-2)26(24)33-3)19-28-15-17-29(18-16-28)27(30)22-11-7-8-12-23(22)34-21-9-5-4-6-10-21/h4-14H,15-19H2,1-3H3.